The van der Waals surface area contributed by atoms with E-state index in [0.29, 0.717) is 23.6 Å². The van der Waals surface area contributed by atoms with Crippen LogP contribution in [0.1, 0.15) is 23.7 Å². The zero-order valence-corrected chi connectivity index (χ0v) is 21.7. The molecule has 0 saturated heterocycles. The first-order valence-corrected chi connectivity index (χ1v) is 12.5. The number of benzene rings is 3. The first-order valence-electron chi connectivity index (χ1n) is 12.1. The normalized spacial score (nSPS) is 11.4. The topological polar surface area (TPSA) is 68.4 Å². The summed E-state index contributed by atoms with van der Waals surface area (Å²) in [7, 11) is 0. The number of aromatic nitrogens is 2. The number of hydrogen-bond acceptors (Lipinski definition) is 4. The Labute approximate surface area is 227 Å². The van der Waals surface area contributed by atoms with E-state index in [-0.39, 0.29) is 35.5 Å². The highest BCUT2D eigenvalue weighted by Gasteiger charge is 2.31. The van der Waals surface area contributed by atoms with Crippen LogP contribution in [0.25, 0.3) is 5.69 Å². The van der Waals surface area contributed by atoms with Crippen LogP contribution >= 0.6 is 12.2 Å². The minimum atomic E-state index is -4.61. The van der Waals surface area contributed by atoms with Gasteiger partial charge in [0.05, 0.1) is 30.0 Å². The highest BCUT2D eigenvalue weighted by atomic mass is 32.1. The zero-order chi connectivity index (χ0) is 28.2. The Morgan fingerprint density at radius 1 is 1.05 bits per heavy atom. The molecule has 0 saturated carbocycles. The van der Waals surface area contributed by atoms with Crippen molar-refractivity contribution in [1.29, 1.82) is 0 Å². The third kappa shape index (κ3) is 6.48. The summed E-state index contributed by atoms with van der Waals surface area (Å²) >= 11 is 5.53. The van der Waals surface area contributed by atoms with Crippen molar-refractivity contribution in [1.82, 2.24) is 9.13 Å². The Bertz CT molecular complexity index is 1530. The maximum Gasteiger partial charge on any atom is 0.416 e. The summed E-state index contributed by atoms with van der Waals surface area (Å²) in [5.41, 5.74) is 0.00443. The molecule has 4 rings (SSSR count). The second-order valence-corrected chi connectivity index (χ2v) is 8.98. The van der Waals surface area contributed by atoms with Gasteiger partial charge in [-0.2, -0.15) is 13.2 Å². The quantitative estimate of drug-likeness (QED) is 0.177. The molecular weight excluding hydrogens is 534 g/mol. The summed E-state index contributed by atoms with van der Waals surface area (Å²) < 4.78 is 62.2. The minimum Gasteiger partial charge on any atom is -0.494 e. The second-order valence-electron chi connectivity index (χ2n) is 8.61. The number of aromatic hydroxyl groups is 1. The lowest BCUT2D eigenvalue weighted by Gasteiger charge is -2.10. The van der Waals surface area contributed by atoms with Crippen molar-refractivity contribution >= 4 is 23.8 Å². The van der Waals surface area contributed by atoms with Gasteiger partial charge in [-0.25, -0.2) is 4.39 Å². The summed E-state index contributed by atoms with van der Waals surface area (Å²) in [6.07, 6.45) is -4.78. The number of nitrogens with one attached hydrogen (secondary N) is 1. The molecule has 11 heteroatoms. The fourth-order valence-electron chi connectivity index (χ4n) is 4.13. The number of carbonyl (C=O) groups excluding carboxylic acids is 1. The van der Waals surface area contributed by atoms with Gasteiger partial charge in [-0.1, -0.05) is 24.3 Å². The molecule has 1 amide bonds. The standard InChI is InChI=1S/C28H25F4N3O3S/c1-2-38-22-12-10-20(11-13-22)33-25(36)17-24-26(37)35(21-8-5-7-19(16-21)28(30,31)32)27(39)34(24)15-14-18-6-3-4-9-23(18)29/h3-13,16,37H,2,14-15,17H2,1H3,(H,33,36). The van der Waals surface area contributed by atoms with Gasteiger partial charge in [-0.15, -0.1) is 0 Å². The van der Waals surface area contributed by atoms with Gasteiger partial charge in [0.15, 0.2) is 4.77 Å². The number of anilines is 1. The van der Waals surface area contributed by atoms with Gasteiger partial charge in [-0.3, -0.25) is 9.36 Å². The highest BCUT2D eigenvalue weighted by molar-refractivity contribution is 7.71. The van der Waals surface area contributed by atoms with E-state index >= 15 is 0 Å². The van der Waals surface area contributed by atoms with Crippen LogP contribution in [0.2, 0.25) is 0 Å². The molecule has 1 heterocycles. The summed E-state index contributed by atoms with van der Waals surface area (Å²) in [6.45, 7) is 2.41. The minimum absolute atomic E-state index is 0.0230. The molecule has 0 bridgehead atoms. The molecule has 2 N–H and O–H groups in total. The lowest BCUT2D eigenvalue weighted by Crippen LogP contribution is -2.17. The molecule has 0 spiro atoms. The van der Waals surface area contributed by atoms with E-state index in [4.69, 9.17) is 17.0 Å². The van der Waals surface area contributed by atoms with Crippen LogP contribution < -0.4 is 10.1 Å². The predicted molar refractivity (Wildman–Crippen MR) is 141 cm³/mol. The molecule has 0 aliphatic carbocycles. The van der Waals surface area contributed by atoms with Crippen LogP contribution in [-0.4, -0.2) is 26.8 Å². The Morgan fingerprint density at radius 2 is 1.77 bits per heavy atom. The molecule has 0 aliphatic rings. The van der Waals surface area contributed by atoms with E-state index in [1.807, 2.05) is 6.92 Å². The third-order valence-electron chi connectivity index (χ3n) is 5.99. The van der Waals surface area contributed by atoms with Gasteiger partial charge in [0.25, 0.3) is 0 Å². The monoisotopic (exact) mass is 559 g/mol. The molecule has 6 nitrogen and oxygen atoms in total. The molecule has 204 valence electrons. The smallest absolute Gasteiger partial charge is 0.416 e. The number of carbonyl (C=O) groups is 1. The number of halogens is 4. The molecule has 0 unspecified atom stereocenters. The number of nitrogens with zero attached hydrogens (tertiary/aromatic N) is 2. The molecule has 3 aromatic carbocycles. The van der Waals surface area contributed by atoms with E-state index in [2.05, 4.69) is 5.32 Å². The molecule has 0 fully saturated rings. The number of rotatable bonds is 9. The van der Waals surface area contributed by atoms with Crippen molar-refractivity contribution in [2.24, 2.45) is 0 Å². The number of amides is 1. The average Bonchev–Trinajstić information content (AvgIpc) is 3.12. The Balaban J connectivity index is 1.69. The van der Waals surface area contributed by atoms with Crippen LogP contribution in [0, 0.1) is 10.6 Å². The van der Waals surface area contributed by atoms with Crippen LogP contribution in [-0.2, 0) is 30.4 Å². The van der Waals surface area contributed by atoms with Crippen molar-refractivity contribution in [2.75, 3.05) is 11.9 Å². The molecule has 0 aliphatic heterocycles. The summed E-state index contributed by atoms with van der Waals surface area (Å²) in [6, 6.07) is 17.2. The SMILES string of the molecule is CCOc1ccc(NC(=O)Cc2c(O)n(-c3cccc(C(F)(F)F)c3)c(=S)n2CCc2ccccc2F)cc1. The van der Waals surface area contributed by atoms with Crippen molar-refractivity contribution in [2.45, 2.75) is 32.5 Å². The molecule has 1 aromatic heterocycles. The highest BCUT2D eigenvalue weighted by Crippen LogP contribution is 2.33. The van der Waals surface area contributed by atoms with Crippen molar-refractivity contribution < 1.29 is 32.2 Å². The van der Waals surface area contributed by atoms with E-state index in [1.54, 1.807) is 42.5 Å². The van der Waals surface area contributed by atoms with E-state index in [0.717, 1.165) is 16.7 Å². The van der Waals surface area contributed by atoms with Gasteiger partial charge in [0.1, 0.15) is 11.6 Å². The van der Waals surface area contributed by atoms with Gasteiger partial charge in [-0.05, 0) is 79.7 Å². The van der Waals surface area contributed by atoms with E-state index in [9.17, 15) is 27.5 Å². The maximum absolute atomic E-state index is 14.3. The van der Waals surface area contributed by atoms with Gasteiger partial charge < -0.3 is 19.7 Å². The van der Waals surface area contributed by atoms with Crippen LogP contribution in [0.15, 0.2) is 72.8 Å². The molecule has 4 aromatic rings. The van der Waals surface area contributed by atoms with E-state index < -0.39 is 29.3 Å². The fraction of sp³-hybridized carbons (Fsp3) is 0.214. The average molecular weight is 560 g/mol. The summed E-state index contributed by atoms with van der Waals surface area (Å²) in [5.74, 6) is -0.770. The maximum atomic E-state index is 14.3. The van der Waals surface area contributed by atoms with Gasteiger partial charge >= 0.3 is 6.18 Å². The second kappa shape index (κ2) is 11.7. The fourth-order valence-corrected chi connectivity index (χ4v) is 4.52. The number of ether oxygens (including phenoxy) is 1. The predicted octanol–water partition coefficient (Wildman–Crippen LogP) is 6.69. The van der Waals surface area contributed by atoms with Crippen molar-refractivity contribution in [3.63, 3.8) is 0 Å². The number of hydrogen-bond donors (Lipinski definition) is 2. The first-order chi connectivity index (χ1) is 18.6. The summed E-state index contributed by atoms with van der Waals surface area (Å²) in [4.78, 5) is 12.9. The Kier molecular flexibility index (Phi) is 8.39. The third-order valence-corrected chi connectivity index (χ3v) is 6.39. The summed E-state index contributed by atoms with van der Waals surface area (Å²) in [5, 5.41) is 13.8. The number of aryl methyl sites for hydroxylation is 1. The Morgan fingerprint density at radius 3 is 2.44 bits per heavy atom. The van der Waals surface area contributed by atoms with Crippen molar-refractivity contribution in [3.8, 4) is 17.3 Å². The number of alkyl halides is 3. The number of imidazole rings is 1. The van der Waals surface area contributed by atoms with Gasteiger partial charge in [0.2, 0.25) is 11.8 Å². The van der Waals surface area contributed by atoms with Crippen LogP contribution in [0.5, 0.6) is 11.6 Å². The largest absolute Gasteiger partial charge is 0.494 e. The van der Waals surface area contributed by atoms with Crippen LogP contribution in [0.4, 0.5) is 23.2 Å². The molecular formula is C28H25F4N3O3S. The van der Waals surface area contributed by atoms with Crippen LogP contribution in [0.3, 0.4) is 0 Å². The molecule has 0 radical (unpaired) electrons. The lowest BCUT2D eigenvalue weighted by atomic mass is 10.1. The van der Waals surface area contributed by atoms with E-state index in [1.165, 1.54) is 22.8 Å². The zero-order valence-electron chi connectivity index (χ0n) is 20.8. The Hall–Kier alpha value is -4.12. The van der Waals surface area contributed by atoms with Gasteiger partial charge in [0, 0.05) is 12.2 Å². The molecule has 0 atom stereocenters. The lowest BCUT2D eigenvalue weighted by molar-refractivity contribution is -0.137. The molecule has 39 heavy (non-hydrogen) atoms. The first kappa shape index (κ1) is 27.9. The van der Waals surface area contributed by atoms with Crippen molar-refractivity contribution in [3.05, 3.63) is 100 Å².